The molecule has 0 saturated carbocycles. The molecule has 0 radical (unpaired) electrons. The molecule has 0 bridgehead atoms. The van der Waals surface area contributed by atoms with Gasteiger partial charge in [-0.3, -0.25) is 0 Å². The molecule has 0 aliphatic carbocycles. The van der Waals surface area contributed by atoms with E-state index in [1.165, 1.54) is 6.42 Å². The number of aromatic nitrogens is 2. The number of ether oxygens (including phenoxy) is 1. The maximum absolute atomic E-state index is 6.02. The van der Waals surface area contributed by atoms with Crippen LogP contribution in [0.1, 0.15) is 56.7 Å². The lowest BCUT2D eigenvalue weighted by Crippen LogP contribution is -2.33. The SMILES string of the molecule is CCC(N)Cc1cc(C)nc(C2(C)CCCCO2)n1. The molecule has 1 aliphatic rings. The van der Waals surface area contributed by atoms with Crippen molar-refractivity contribution in [2.45, 2.75) is 64.5 Å². The third-order valence-corrected chi connectivity index (χ3v) is 3.84. The first kappa shape index (κ1) is 14.4. The average Bonchev–Trinajstić information content (AvgIpc) is 2.39. The van der Waals surface area contributed by atoms with Gasteiger partial charge < -0.3 is 10.5 Å². The maximum atomic E-state index is 6.02. The Morgan fingerprint density at radius 2 is 2.21 bits per heavy atom. The molecule has 0 amide bonds. The Kier molecular flexibility index (Phi) is 4.53. The minimum Gasteiger partial charge on any atom is -0.367 e. The molecule has 2 atom stereocenters. The van der Waals surface area contributed by atoms with E-state index < -0.39 is 0 Å². The highest BCUT2D eigenvalue weighted by Crippen LogP contribution is 2.32. The van der Waals surface area contributed by atoms with Gasteiger partial charge >= 0.3 is 0 Å². The van der Waals surface area contributed by atoms with Gasteiger partial charge in [0.15, 0.2) is 5.82 Å². The van der Waals surface area contributed by atoms with Crippen LogP contribution in [0.4, 0.5) is 0 Å². The number of rotatable bonds is 4. The molecule has 1 aromatic rings. The molecular weight excluding hydrogens is 238 g/mol. The number of hydrogen-bond acceptors (Lipinski definition) is 4. The zero-order valence-electron chi connectivity index (χ0n) is 12.3. The van der Waals surface area contributed by atoms with Crippen molar-refractivity contribution in [2.24, 2.45) is 5.73 Å². The van der Waals surface area contributed by atoms with Crippen molar-refractivity contribution in [2.75, 3.05) is 6.61 Å². The predicted molar refractivity (Wildman–Crippen MR) is 75.9 cm³/mol. The normalized spacial score (nSPS) is 25.3. The van der Waals surface area contributed by atoms with Gasteiger partial charge in [0, 0.05) is 30.5 Å². The number of aryl methyl sites for hydroxylation is 1. The zero-order chi connectivity index (χ0) is 13.9. The predicted octanol–water partition coefficient (Wildman–Crippen LogP) is 2.48. The van der Waals surface area contributed by atoms with Gasteiger partial charge in [-0.05, 0) is 45.6 Å². The van der Waals surface area contributed by atoms with E-state index in [-0.39, 0.29) is 11.6 Å². The van der Waals surface area contributed by atoms with Crippen molar-refractivity contribution in [3.8, 4) is 0 Å². The van der Waals surface area contributed by atoms with E-state index in [1.54, 1.807) is 0 Å². The van der Waals surface area contributed by atoms with Crippen LogP contribution in [0.15, 0.2) is 6.07 Å². The second-order valence-corrected chi connectivity index (χ2v) is 5.73. The smallest absolute Gasteiger partial charge is 0.160 e. The maximum Gasteiger partial charge on any atom is 0.160 e. The van der Waals surface area contributed by atoms with Crippen LogP contribution in [0, 0.1) is 6.92 Å². The minimum atomic E-state index is -0.324. The Morgan fingerprint density at radius 3 is 2.84 bits per heavy atom. The van der Waals surface area contributed by atoms with Gasteiger partial charge in [0.25, 0.3) is 0 Å². The van der Waals surface area contributed by atoms with E-state index in [9.17, 15) is 0 Å². The van der Waals surface area contributed by atoms with Crippen molar-refractivity contribution < 1.29 is 4.74 Å². The topological polar surface area (TPSA) is 61.0 Å². The van der Waals surface area contributed by atoms with Gasteiger partial charge in [-0.25, -0.2) is 9.97 Å². The van der Waals surface area contributed by atoms with E-state index in [2.05, 4.69) is 18.8 Å². The van der Waals surface area contributed by atoms with Crippen LogP contribution in [0.25, 0.3) is 0 Å². The largest absolute Gasteiger partial charge is 0.367 e. The number of nitrogens with zero attached hydrogens (tertiary/aromatic N) is 2. The molecule has 4 nitrogen and oxygen atoms in total. The van der Waals surface area contributed by atoms with Gasteiger partial charge in [-0.1, -0.05) is 6.92 Å². The fourth-order valence-corrected chi connectivity index (χ4v) is 2.50. The highest BCUT2D eigenvalue weighted by molar-refractivity contribution is 5.15. The summed E-state index contributed by atoms with van der Waals surface area (Å²) < 4.78 is 5.94. The lowest BCUT2D eigenvalue weighted by molar-refractivity contribution is -0.0762. The molecule has 1 aromatic heterocycles. The van der Waals surface area contributed by atoms with E-state index in [4.69, 9.17) is 15.5 Å². The molecule has 2 N–H and O–H groups in total. The first-order chi connectivity index (χ1) is 9.03. The first-order valence-corrected chi connectivity index (χ1v) is 7.28. The molecule has 106 valence electrons. The van der Waals surface area contributed by atoms with E-state index >= 15 is 0 Å². The molecule has 19 heavy (non-hydrogen) atoms. The number of nitrogens with two attached hydrogens (primary N) is 1. The van der Waals surface area contributed by atoms with Gasteiger partial charge in [0.2, 0.25) is 0 Å². The molecule has 1 saturated heterocycles. The summed E-state index contributed by atoms with van der Waals surface area (Å²) in [5, 5.41) is 0. The Labute approximate surface area is 115 Å². The highest BCUT2D eigenvalue weighted by Gasteiger charge is 2.33. The Morgan fingerprint density at radius 1 is 1.42 bits per heavy atom. The van der Waals surface area contributed by atoms with Crippen LogP contribution in [0.5, 0.6) is 0 Å². The summed E-state index contributed by atoms with van der Waals surface area (Å²) in [5.41, 5.74) is 7.73. The molecule has 1 aliphatic heterocycles. The van der Waals surface area contributed by atoms with Crippen molar-refractivity contribution >= 4 is 0 Å². The molecule has 2 heterocycles. The Balaban J connectivity index is 2.25. The van der Waals surface area contributed by atoms with Crippen molar-refractivity contribution in [1.82, 2.24) is 9.97 Å². The quantitative estimate of drug-likeness (QED) is 0.906. The van der Waals surface area contributed by atoms with Crippen LogP contribution in [-0.4, -0.2) is 22.6 Å². The summed E-state index contributed by atoms with van der Waals surface area (Å²) in [4.78, 5) is 9.29. The molecular formula is C15H25N3O. The summed E-state index contributed by atoms with van der Waals surface area (Å²) in [6.45, 7) is 7.02. The molecule has 4 heteroatoms. The monoisotopic (exact) mass is 263 g/mol. The van der Waals surface area contributed by atoms with Gasteiger partial charge in [0.05, 0.1) is 0 Å². The molecule has 1 fully saturated rings. The first-order valence-electron chi connectivity index (χ1n) is 7.28. The van der Waals surface area contributed by atoms with E-state index in [0.29, 0.717) is 0 Å². The van der Waals surface area contributed by atoms with Crippen molar-refractivity contribution in [1.29, 1.82) is 0 Å². The molecule has 2 unspecified atom stereocenters. The minimum absolute atomic E-state index is 0.169. The summed E-state index contributed by atoms with van der Waals surface area (Å²) >= 11 is 0. The fourth-order valence-electron chi connectivity index (χ4n) is 2.50. The van der Waals surface area contributed by atoms with Crippen LogP contribution in [0.2, 0.25) is 0 Å². The van der Waals surface area contributed by atoms with Crippen molar-refractivity contribution in [3.05, 3.63) is 23.3 Å². The lowest BCUT2D eigenvalue weighted by Gasteiger charge is -2.32. The number of hydrogen-bond donors (Lipinski definition) is 1. The van der Waals surface area contributed by atoms with E-state index in [0.717, 1.165) is 49.5 Å². The van der Waals surface area contributed by atoms with E-state index in [1.807, 2.05) is 13.0 Å². The molecule has 0 spiro atoms. The van der Waals surface area contributed by atoms with Crippen LogP contribution in [-0.2, 0) is 16.8 Å². The van der Waals surface area contributed by atoms with Crippen LogP contribution in [0.3, 0.4) is 0 Å². The summed E-state index contributed by atoms with van der Waals surface area (Å²) in [6, 6.07) is 2.20. The van der Waals surface area contributed by atoms with Gasteiger partial charge in [-0.2, -0.15) is 0 Å². The van der Waals surface area contributed by atoms with Crippen molar-refractivity contribution in [3.63, 3.8) is 0 Å². The highest BCUT2D eigenvalue weighted by atomic mass is 16.5. The molecule has 2 rings (SSSR count). The van der Waals surface area contributed by atoms with Crippen LogP contribution < -0.4 is 5.73 Å². The Hall–Kier alpha value is -1.00. The van der Waals surface area contributed by atoms with Crippen LogP contribution >= 0.6 is 0 Å². The third-order valence-electron chi connectivity index (χ3n) is 3.84. The standard InChI is InChI=1S/C15H25N3O/c1-4-12(16)10-13-9-11(2)17-14(18-13)15(3)7-5-6-8-19-15/h9,12H,4-8,10,16H2,1-3H3. The summed E-state index contributed by atoms with van der Waals surface area (Å²) in [6.07, 6.45) is 5.08. The summed E-state index contributed by atoms with van der Waals surface area (Å²) in [7, 11) is 0. The summed E-state index contributed by atoms with van der Waals surface area (Å²) in [5.74, 6) is 0.825. The second kappa shape index (κ2) is 5.97. The molecule has 0 aromatic carbocycles. The lowest BCUT2D eigenvalue weighted by atomic mass is 9.94. The zero-order valence-corrected chi connectivity index (χ0v) is 12.3. The van der Waals surface area contributed by atoms with Gasteiger partial charge in [-0.15, -0.1) is 0 Å². The average molecular weight is 263 g/mol. The van der Waals surface area contributed by atoms with Gasteiger partial charge in [0.1, 0.15) is 5.60 Å². The fraction of sp³-hybridized carbons (Fsp3) is 0.733. The Bertz CT molecular complexity index is 427. The third kappa shape index (κ3) is 3.51. The second-order valence-electron chi connectivity index (χ2n) is 5.73.